The Morgan fingerprint density at radius 3 is 2.24 bits per heavy atom. The summed E-state index contributed by atoms with van der Waals surface area (Å²) in [5.74, 6) is -0.772. The van der Waals surface area contributed by atoms with Crippen LogP contribution in [0.2, 0.25) is 5.02 Å². The lowest BCUT2D eigenvalue weighted by Gasteiger charge is -2.33. The zero-order chi connectivity index (χ0) is 30.3. The summed E-state index contributed by atoms with van der Waals surface area (Å²) in [6, 6.07) is 19.9. The largest absolute Gasteiger partial charge is 0.352 e. The van der Waals surface area contributed by atoms with Gasteiger partial charge in [-0.15, -0.1) is 11.8 Å². The molecule has 0 unspecified atom stereocenters. The van der Waals surface area contributed by atoms with Crippen molar-refractivity contribution in [3.05, 3.63) is 88.9 Å². The molecule has 0 spiro atoms. The maximum absolute atomic E-state index is 14.1. The van der Waals surface area contributed by atoms with Crippen LogP contribution in [0.25, 0.3) is 0 Å². The van der Waals surface area contributed by atoms with Gasteiger partial charge in [0.25, 0.3) is 10.0 Å². The fourth-order valence-corrected chi connectivity index (χ4v) is 7.09. The van der Waals surface area contributed by atoms with Gasteiger partial charge in [0, 0.05) is 22.5 Å². The van der Waals surface area contributed by atoms with Gasteiger partial charge < -0.3 is 10.2 Å². The molecule has 0 saturated heterocycles. The highest BCUT2D eigenvalue weighted by molar-refractivity contribution is 7.98. The number of benzene rings is 3. The first-order valence-electron chi connectivity index (χ1n) is 14.2. The highest BCUT2D eigenvalue weighted by Gasteiger charge is 2.33. The Morgan fingerprint density at radius 1 is 0.976 bits per heavy atom. The van der Waals surface area contributed by atoms with E-state index < -0.39 is 28.5 Å². The van der Waals surface area contributed by atoms with E-state index in [0.717, 1.165) is 46.9 Å². The second kappa shape index (κ2) is 14.4. The van der Waals surface area contributed by atoms with Gasteiger partial charge in [-0.3, -0.25) is 13.9 Å². The number of carbonyl (C=O) groups is 2. The summed E-state index contributed by atoms with van der Waals surface area (Å²) in [5, 5.41) is 3.58. The average molecular weight is 628 g/mol. The summed E-state index contributed by atoms with van der Waals surface area (Å²) >= 11 is 7.97. The molecule has 0 bridgehead atoms. The van der Waals surface area contributed by atoms with E-state index in [9.17, 15) is 18.0 Å². The van der Waals surface area contributed by atoms with Crippen LogP contribution in [0.15, 0.2) is 82.6 Å². The van der Waals surface area contributed by atoms with E-state index in [0.29, 0.717) is 16.3 Å². The minimum atomic E-state index is -4.12. The van der Waals surface area contributed by atoms with Crippen LogP contribution >= 0.6 is 23.4 Å². The van der Waals surface area contributed by atoms with Gasteiger partial charge in [-0.05, 0) is 81.0 Å². The Kier molecular flexibility index (Phi) is 11.0. The number of hydrogen-bond acceptors (Lipinski definition) is 5. The van der Waals surface area contributed by atoms with Gasteiger partial charge in [-0.25, -0.2) is 8.42 Å². The normalized spacial score (nSPS) is 14.7. The number of nitrogens with one attached hydrogen (secondary N) is 1. The molecule has 10 heteroatoms. The molecule has 4 rings (SSSR count). The maximum atomic E-state index is 14.1. The van der Waals surface area contributed by atoms with Crippen molar-refractivity contribution in [1.82, 2.24) is 10.2 Å². The zero-order valence-corrected chi connectivity index (χ0v) is 26.6. The number of halogens is 1. The van der Waals surface area contributed by atoms with E-state index in [1.807, 2.05) is 19.2 Å². The molecule has 2 amide bonds. The molecule has 1 aliphatic rings. The van der Waals surface area contributed by atoms with Crippen molar-refractivity contribution in [2.75, 3.05) is 17.1 Å². The van der Waals surface area contributed by atoms with Crippen molar-refractivity contribution in [1.29, 1.82) is 0 Å². The van der Waals surface area contributed by atoms with E-state index in [-0.39, 0.29) is 23.4 Å². The van der Waals surface area contributed by atoms with Crippen LogP contribution in [0.1, 0.15) is 50.2 Å². The van der Waals surface area contributed by atoms with Gasteiger partial charge in [-0.2, -0.15) is 0 Å². The van der Waals surface area contributed by atoms with Gasteiger partial charge in [0.2, 0.25) is 11.8 Å². The predicted molar refractivity (Wildman–Crippen MR) is 170 cm³/mol. The quantitative estimate of drug-likeness (QED) is 0.248. The van der Waals surface area contributed by atoms with Crippen LogP contribution < -0.4 is 9.62 Å². The average Bonchev–Trinajstić information content (AvgIpc) is 3.00. The van der Waals surface area contributed by atoms with E-state index in [4.69, 9.17) is 11.6 Å². The summed E-state index contributed by atoms with van der Waals surface area (Å²) < 4.78 is 29.1. The van der Waals surface area contributed by atoms with E-state index in [1.165, 1.54) is 16.7 Å². The van der Waals surface area contributed by atoms with Gasteiger partial charge in [-0.1, -0.05) is 66.8 Å². The molecule has 0 heterocycles. The Balaban J connectivity index is 1.68. The summed E-state index contributed by atoms with van der Waals surface area (Å²) in [4.78, 5) is 30.0. The number of sulfonamides is 1. The first-order chi connectivity index (χ1) is 20.1. The number of amides is 2. The Labute approximate surface area is 258 Å². The fourth-order valence-electron chi connectivity index (χ4n) is 5.08. The van der Waals surface area contributed by atoms with Crippen molar-refractivity contribution in [2.45, 2.75) is 74.4 Å². The van der Waals surface area contributed by atoms with Crippen LogP contribution in [-0.2, 0) is 26.2 Å². The molecule has 0 aliphatic heterocycles. The standard InChI is InChI=1S/C32H38ClN3O4S2/c1-23-13-15-27(16-14-23)36(42(39,40)29-19-17-28(41-3)18-20-29)22-31(37)35(21-25-9-7-8-12-30(25)33)24(2)32(38)34-26-10-5-4-6-11-26/h7-9,12-20,24,26H,4-6,10-11,21-22H2,1-3H3,(H,34,38)/t24-/m1/s1. The van der Waals surface area contributed by atoms with Gasteiger partial charge in [0.1, 0.15) is 12.6 Å². The van der Waals surface area contributed by atoms with Crippen molar-refractivity contribution in [2.24, 2.45) is 0 Å². The van der Waals surface area contributed by atoms with E-state index >= 15 is 0 Å². The first kappa shape index (κ1) is 31.9. The van der Waals surface area contributed by atoms with Crippen LogP contribution in [0.3, 0.4) is 0 Å². The highest BCUT2D eigenvalue weighted by atomic mass is 35.5. The molecule has 1 N–H and O–H groups in total. The number of aryl methyl sites for hydroxylation is 1. The molecule has 7 nitrogen and oxygen atoms in total. The predicted octanol–water partition coefficient (Wildman–Crippen LogP) is 6.43. The van der Waals surface area contributed by atoms with Crippen molar-refractivity contribution < 1.29 is 18.0 Å². The van der Waals surface area contributed by atoms with Gasteiger partial charge in [0.15, 0.2) is 0 Å². The SMILES string of the molecule is CSc1ccc(S(=O)(=O)N(CC(=O)N(Cc2ccccc2Cl)[C@H](C)C(=O)NC2CCCCC2)c2ccc(C)cc2)cc1. The topological polar surface area (TPSA) is 86.8 Å². The molecule has 0 aromatic heterocycles. The first-order valence-corrected chi connectivity index (χ1v) is 17.2. The Bertz CT molecular complexity index is 1470. The number of rotatable bonds is 11. The zero-order valence-electron chi connectivity index (χ0n) is 24.3. The van der Waals surface area contributed by atoms with Crippen molar-refractivity contribution >= 4 is 50.9 Å². The minimum Gasteiger partial charge on any atom is -0.352 e. The van der Waals surface area contributed by atoms with Gasteiger partial charge >= 0.3 is 0 Å². The number of thioether (sulfide) groups is 1. The summed E-state index contributed by atoms with van der Waals surface area (Å²) in [5.41, 5.74) is 1.99. The molecule has 3 aromatic carbocycles. The highest BCUT2D eigenvalue weighted by Crippen LogP contribution is 2.27. The number of carbonyl (C=O) groups excluding carboxylic acids is 2. The van der Waals surface area contributed by atoms with Crippen molar-refractivity contribution in [3.8, 4) is 0 Å². The molecular weight excluding hydrogens is 590 g/mol. The second-order valence-corrected chi connectivity index (χ2v) is 13.8. The molecule has 1 atom stereocenters. The van der Waals surface area contributed by atoms with E-state index in [1.54, 1.807) is 73.7 Å². The molecule has 42 heavy (non-hydrogen) atoms. The third kappa shape index (κ3) is 7.88. The lowest BCUT2D eigenvalue weighted by molar-refractivity contribution is -0.139. The Hall–Kier alpha value is -3.01. The van der Waals surface area contributed by atoms with Gasteiger partial charge in [0.05, 0.1) is 10.6 Å². The third-order valence-corrected chi connectivity index (χ3v) is 10.6. The molecule has 0 radical (unpaired) electrons. The monoisotopic (exact) mass is 627 g/mol. The van der Waals surface area contributed by atoms with Crippen LogP contribution in [0, 0.1) is 6.92 Å². The number of nitrogens with zero attached hydrogens (tertiary/aromatic N) is 2. The summed E-state index contributed by atoms with van der Waals surface area (Å²) in [6.45, 7) is 3.16. The molecular formula is C32H38ClN3O4S2. The Morgan fingerprint density at radius 2 is 1.62 bits per heavy atom. The lowest BCUT2D eigenvalue weighted by atomic mass is 9.95. The van der Waals surface area contributed by atoms with Crippen LogP contribution in [-0.4, -0.2) is 50.0 Å². The molecule has 3 aromatic rings. The summed E-state index contributed by atoms with van der Waals surface area (Å²) in [6.07, 6.45) is 7.01. The molecule has 1 fully saturated rings. The molecule has 1 aliphatic carbocycles. The van der Waals surface area contributed by atoms with Crippen LogP contribution in [0.5, 0.6) is 0 Å². The van der Waals surface area contributed by atoms with Crippen molar-refractivity contribution in [3.63, 3.8) is 0 Å². The third-order valence-electron chi connectivity index (χ3n) is 7.67. The minimum absolute atomic E-state index is 0.0575. The fraction of sp³-hybridized carbons (Fsp3) is 0.375. The number of anilines is 1. The van der Waals surface area contributed by atoms with Crippen LogP contribution in [0.4, 0.5) is 5.69 Å². The smallest absolute Gasteiger partial charge is 0.264 e. The van der Waals surface area contributed by atoms with E-state index in [2.05, 4.69) is 5.32 Å². The molecule has 1 saturated carbocycles. The molecule has 224 valence electrons. The second-order valence-electron chi connectivity index (χ2n) is 10.7. The maximum Gasteiger partial charge on any atom is 0.264 e. The summed E-state index contributed by atoms with van der Waals surface area (Å²) in [7, 11) is -4.12. The lowest BCUT2D eigenvalue weighted by Crippen LogP contribution is -2.53. The number of hydrogen-bond donors (Lipinski definition) is 1.